The number of carbonyl (C=O) groups excluding carboxylic acids is 1. The Morgan fingerprint density at radius 3 is 2.88 bits per heavy atom. The fourth-order valence-electron chi connectivity index (χ4n) is 3.14. The maximum atomic E-state index is 12.5. The molecule has 3 rings (SSSR count). The number of aromatic nitrogens is 2. The van der Waals surface area contributed by atoms with Crippen molar-refractivity contribution in [3.63, 3.8) is 0 Å². The predicted octanol–water partition coefficient (Wildman–Crippen LogP) is 2.11. The second-order valence-electron chi connectivity index (χ2n) is 6.00. The van der Waals surface area contributed by atoms with Gasteiger partial charge in [-0.15, -0.1) is 11.3 Å². The summed E-state index contributed by atoms with van der Waals surface area (Å²) in [6.45, 7) is 2.63. The van der Waals surface area contributed by atoms with Gasteiger partial charge in [-0.25, -0.2) is 4.98 Å². The van der Waals surface area contributed by atoms with Crippen LogP contribution in [0.4, 0.5) is 0 Å². The number of nitrogens with zero attached hydrogens (tertiary/aromatic N) is 3. The lowest BCUT2D eigenvalue weighted by Gasteiger charge is -2.16. The van der Waals surface area contributed by atoms with Crippen LogP contribution in [-0.4, -0.2) is 44.9 Å². The van der Waals surface area contributed by atoms with Crippen molar-refractivity contribution in [3.05, 3.63) is 46.2 Å². The molecule has 0 radical (unpaired) electrons. The molecule has 2 aromatic heterocycles. The normalized spacial score (nSPS) is 20.3. The number of pyridine rings is 1. The third kappa shape index (κ3) is 3.46. The number of aryl methyl sites for hydroxylation is 2. The number of thiazole rings is 1. The number of amides is 1. The molecule has 0 aliphatic carbocycles. The number of carbonyl (C=O) groups is 2. The molecule has 2 atom stereocenters. The second kappa shape index (κ2) is 7.09. The van der Waals surface area contributed by atoms with Gasteiger partial charge in [0.15, 0.2) is 0 Å². The highest BCUT2D eigenvalue weighted by molar-refractivity contribution is 7.09. The van der Waals surface area contributed by atoms with Crippen LogP contribution < -0.4 is 0 Å². The summed E-state index contributed by atoms with van der Waals surface area (Å²) in [5.41, 5.74) is 3.62. The summed E-state index contributed by atoms with van der Waals surface area (Å²) in [6.07, 6.45) is 4.39. The highest BCUT2D eigenvalue weighted by Crippen LogP contribution is 2.33. The van der Waals surface area contributed by atoms with Gasteiger partial charge in [0.05, 0.1) is 17.1 Å². The lowest BCUT2D eigenvalue weighted by atomic mass is 9.90. The van der Waals surface area contributed by atoms with Gasteiger partial charge in [-0.05, 0) is 25.0 Å². The molecule has 0 saturated carbocycles. The van der Waals surface area contributed by atoms with Crippen molar-refractivity contribution >= 4 is 23.2 Å². The first-order valence-corrected chi connectivity index (χ1v) is 8.73. The molecule has 0 bridgehead atoms. The van der Waals surface area contributed by atoms with E-state index in [0.717, 1.165) is 16.1 Å². The van der Waals surface area contributed by atoms with Crippen molar-refractivity contribution in [2.75, 3.05) is 13.1 Å². The number of carboxylic acids is 1. The molecule has 3 heterocycles. The quantitative estimate of drug-likeness (QED) is 0.897. The van der Waals surface area contributed by atoms with Gasteiger partial charge in [0.25, 0.3) is 0 Å². The zero-order valence-corrected chi connectivity index (χ0v) is 14.2. The molecule has 1 amide bonds. The molecular weight excluding hydrogens is 326 g/mol. The molecule has 0 aromatic carbocycles. The number of rotatable bonds is 5. The van der Waals surface area contributed by atoms with Crippen LogP contribution in [0.5, 0.6) is 0 Å². The highest BCUT2D eigenvalue weighted by atomic mass is 32.1. The van der Waals surface area contributed by atoms with Crippen LogP contribution in [0.15, 0.2) is 30.0 Å². The summed E-state index contributed by atoms with van der Waals surface area (Å²) in [5, 5.41) is 9.50. The Kier molecular flexibility index (Phi) is 4.89. The first-order valence-electron chi connectivity index (χ1n) is 7.85. The average molecular weight is 345 g/mol. The Balaban J connectivity index is 1.67. The molecule has 1 aliphatic rings. The molecule has 1 saturated heterocycles. The summed E-state index contributed by atoms with van der Waals surface area (Å²) < 4.78 is 0. The Hall–Kier alpha value is -2.28. The fourth-order valence-corrected chi connectivity index (χ4v) is 3.92. The molecule has 2 aromatic rings. The first-order chi connectivity index (χ1) is 11.6. The molecule has 1 fully saturated rings. The molecule has 6 nitrogen and oxygen atoms in total. The third-order valence-electron chi connectivity index (χ3n) is 4.51. The van der Waals surface area contributed by atoms with Crippen LogP contribution in [0.25, 0.3) is 0 Å². The van der Waals surface area contributed by atoms with E-state index in [0.29, 0.717) is 19.4 Å². The van der Waals surface area contributed by atoms with Gasteiger partial charge in [0, 0.05) is 42.7 Å². The molecule has 1 aliphatic heterocycles. The van der Waals surface area contributed by atoms with Crippen molar-refractivity contribution < 1.29 is 14.7 Å². The van der Waals surface area contributed by atoms with Crippen LogP contribution in [0.1, 0.15) is 28.5 Å². The van der Waals surface area contributed by atoms with Crippen molar-refractivity contribution in [2.24, 2.45) is 5.92 Å². The molecular formula is C17H19N3O3S. The standard InChI is InChI=1S/C17H19N3O3S/c1-11-15(24-10-19-11)4-5-16(21)20-8-13(14(9-20)17(22)23)12-3-2-6-18-7-12/h2-3,6-7,10,13-14H,4-5,8-9H2,1H3,(H,22,23)/t13-,14+/m1/s1. The van der Waals surface area contributed by atoms with Gasteiger partial charge in [0.1, 0.15) is 0 Å². The van der Waals surface area contributed by atoms with Crippen LogP contribution in [0.2, 0.25) is 0 Å². The number of hydrogen-bond acceptors (Lipinski definition) is 5. The van der Waals surface area contributed by atoms with Gasteiger partial charge >= 0.3 is 5.97 Å². The van der Waals surface area contributed by atoms with E-state index in [2.05, 4.69) is 9.97 Å². The summed E-state index contributed by atoms with van der Waals surface area (Å²) in [7, 11) is 0. The van der Waals surface area contributed by atoms with E-state index in [1.165, 1.54) is 0 Å². The van der Waals surface area contributed by atoms with E-state index in [1.54, 1.807) is 40.2 Å². The number of carboxylic acid groups (broad SMARTS) is 1. The zero-order chi connectivity index (χ0) is 17.1. The Morgan fingerprint density at radius 1 is 1.42 bits per heavy atom. The fraction of sp³-hybridized carbons (Fsp3) is 0.412. The first kappa shape index (κ1) is 16.6. The van der Waals surface area contributed by atoms with E-state index in [1.807, 2.05) is 13.0 Å². The summed E-state index contributed by atoms with van der Waals surface area (Å²) in [5.74, 6) is -1.65. The van der Waals surface area contributed by atoms with Crippen molar-refractivity contribution in [3.8, 4) is 0 Å². The van der Waals surface area contributed by atoms with Crippen molar-refractivity contribution in [2.45, 2.75) is 25.7 Å². The summed E-state index contributed by atoms with van der Waals surface area (Å²) >= 11 is 1.55. The van der Waals surface area contributed by atoms with Crippen LogP contribution >= 0.6 is 11.3 Å². The largest absolute Gasteiger partial charge is 0.481 e. The Bertz CT molecular complexity index is 732. The molecule has 0 spiro atoms. The smallest absolute Gasteiger partial charge is 0.308 e. The average Bonchev–Trinajstić information content (AvgIpc) is 3.20. The minimum Gasteiger partial charge on any atom is -0.481 e. The van der Waals surface area contributed by atoms with Crippen LogP contribution in [-0.2, 0) is 16.0 Å². The topological polar surface area (TPSA) is 83.4 Å². The van der Waals surface area contributed by atoms with E-state index >= 15 is 0 Å². The maximum Gasteiger partial charge on any atom is 0.308 e. The van der Waals surface area contributed by atoms with Gasteiger partial charge in [-0.3, -0.25) is 14.6 Å². The van der Waals surface area contributed by atoms with Gasteiger partial charge in [-0.1, -0.05) is 6.07 Å². The van der Waals surface area contributed by atoms with Gasteiger partial charge in [0.2, 0.25) is 5.91 Å². The molecule has 126 valence electrons. The molecule has 1 N–H and O–H groups in total. The second-order valence-corrected chi connectivity index (χ2v) is 6.94. The molecule has 7 heteroatoms. The number of aliphatic carboxylic acids is 1. The SMILES string of the molecule is Cc1ncsc1CCC(=O)N1C[C@H](C(=O)O)[C@@H](c2cccnc2)C1. The summed E-state index contributed by atoms with van der Waals surface area (Å²) in [4.78, 5) is 35.1. The highest BCUT2D eigenvalue weighted by Gasteiger charge is 2.40. The van der Waals surface area contributed by atoms with E-state index < -0.39 is 11.9 Å². The minimum atomic E-state index is -0.863. The van der Waals surface area contributed by atoms with Crippen molar-refractivity contribution in [1.82, 2.24) is 14.9 Å². The number of hydrogen-bond donors (Lipinski definition) is 1. The molecule has 24 heavy (non-hydrogen) atoms. The van der Waals surface area contributed by atoms with Crippen LogP contribution in [0.3, 0.4) is 0 Å². The van der Waals surface area contributed by atoms with Gasteiger partial charge in [-0.2, -0.15) is 0 Å². The number of likely N-dealkylation sites (tertiary alicyclic amines) is 1. The summed E-state index contributed by atoms with van der Waals surface area (Å²) in [6, 6.07) is 3.67. The Labute approximate surface area is 144 Å². The lowest BCUT2D eigenvalue weighted by Crippen LogP contribution is -2.30. The molecule has 0 unspecified atom stereocenters. The predicted molar refractivity (Wildman–Crippen MR) is 89.9 cm³/mol. The Morgan fingerprint density at radius 2 is 2.25 bits per heavy atom. The van der Waals surface area contributed by atoms with Crippen molar-refractivity contribution in [1.29, 1.82) is 0 Å². The lowest BCUT2D eigenvalue weighted by molar-refractivity contribution is -0.141. The maximum absolute atomic E-state index is 12.5. The van der Waals surface area contributed by atoms with Crippen LogP contribution in [0, 0.1) is 12.8 Å². The van der Waals surface area contributed by atoms with E-state index in [9.17, 15) is 14.7 Å². The monoisotopic (exact) mass is 345 g/mol. The van der Waals surface area contributed by atoms with E-state index in [-0.39, 0.29) is 18.4 Å². The van der Waals surface area contributed by atoms with E-state index in [4.69, 9.17) is 0 Å². The zero-order valence-electron chi connectivity index (χ0n) is 13.4. The third-order valence-corrected chi connectivity index (χ3v) is 5.51. The minimum absolute atomic E-state index is 0.000408. The van der Waals surface area contributed by atoms with Gasteiger partial charge < -0.3 is 10.0 Å².